The third-order valence-electron chi connectivity index (χ3n) is 3.51. The summed E-state index contributed by atoms with van der Waals surface area (Å²) in [5.41, 5.74) is 0.0278. The molecule has 0 aliphatic carbocycles. The first-order valence-corrected chi connectivity index (χ1v) is 7.63. The molecule has 1 fully saturated rings. The van der Waals surface area contributed by atoms with Crippen molar-refractivity contribution in [1.82, 2.24) is 10.3 Å². The molecular formula is C13H12BrClN4O2. The number of aromatic nitrogens is 1. The summed E-state index contributed by atoms with van der Waals surface area (Å²) in [6.45, 7) is 3.29. The van der Waals surface area contributed by atoms with E-state index in [1.165, 1.54) is 6.07 Å². The number of pyridine rings is 1. The molecule has 0 amide bonds. The molecule has 0 radical (unpaired) electrons. The number of halogens is 2. The largest absolute Gasteiger partial charge is 0.354 e. The normalized spacial score (nSPS) is 15.4. The van der Waals surface area contributed by atoms with E-state index < -0.39 is 4.92 Å². The highest BCUT2D eigenvalue weighted by molar-refractivity contribution is 9.10. The summed E-state index contributed by atoms with van der Waals surface area (Å²) in [4.78, 5) is 17.4. The molecule has 21 heavy (non-hydrogen) atoms. The zero-order valence-corrected chi connectivity index (χ0v) is 13.3. The minimum atomic E-state index is -0.398. The van der Waals surface area contributed by atoms with Crippen molar-refractivity contribution in [3.8, 4) is 0 Å². The number of benzene rings is 1. The second-order valence-corrected chi connectivity index (χ2v) is 6.00. The summed E-state index contributed by atoms with van der Waals surface area (Å²) in [6.07, 6.45) is 1.60. The van der Waals surface area contributed by atoms with Crippen molar-refractivity contribution >= 4 is 49.8 Å². The Morgan fingerprint density at radius 2 is 2.05 bits per heavy atom. The van der Waals surface area contributed by atoms with Gasteiger partial charge < -0.3 is 10.2 Å². The Hall–Kier alpha value is -1.44. The number of nitrogens with zero attached hydrogens (tertiary/aromatic N) is 3. The van der Waals surface area contributed by atoms with Gasteiger partial charge in [-0.3, -0.25) is 10.1 Å². The zero-order valence-electron chi connectivity index (χ0n) is 11.0. The Kier molecular flexibility index (Phi) is 3.97. The number of non-ortho nitro benzene ring substituents is 1. The first kappa shape index (κ1) is 14.5. The van der Waals surface area contributed by atoms with Crippen LogP contribution in [0.1, 0.15) is 0 Å². The first-order valence-electron chi connectivity index (χ1n) is 6.46. The molecule has 0 bridgehead atoms. The lowest BCUT2D eigenvalue weighted by Crippen LogP contribution is -2.44. The number of rotatable bonds is 2. The van der Waals surface area contributed by atoms with Crippen LogP contribution in [-0.2, 0) is 0 Å². The van der Waals surface area contributed by atoms with E-state index in [1.807, 2.05) is 0 Å². The summed E-state index contributed by atoms with van der Waals surface area (Å²) in [6, 6.07) is 2.98. The summed E-state index contributed by atoms with van der Waals surface area (Å²) in [5.74, 6) is 0.698. The van der Waals surface area contributed by atoms with Crippen LogP contribution >= 0.6 is 27.5 Å². The van der Waals surface area contributed by atoms with Gasteiger partial charge in [-0.1, -0.05) is 11.6 Å². The van der Waals surface area contributed by atoms with Crippen LogP contribution in [0.3, 0.4) is 0 Å². The van der Waals surface area contributed by atoms with E-state index >= 15 is 0 Å². The van der Waals surface area contributed by atoms with Crippen LogP contribution in [0.4, 0.5) is 11.5 Å². The zero-order chi connectivity index (χ0) is 15.0. The highest BCUT2D eigenvalue weighted by Crippen LogP contribution is 2.40. The summed E-state index contributed by atoms with van der Waals surface area (Å²) in [7, 11) is 0. The summed E-state index contributed by atoms with van der Waals surface area (Å²) in [5, 5.41) is 16.1. The fraction of sp³-hybridized carbons (Fsp3) is 0.308. The van der Waals surface area contributed by atoms with Gasteiger partial charge >= 0.3 is 0 Å². The van der Waals surface area contributed by atoms with Crippen LogP contribution in [0.5, 0.6) is 0 Å². The van der Waals surface area contributed by atoms with Gasteiger partial charge in [-0.15, -0.1) is 0 Å². The Morgan fingerprint density at radius 1 is 1.33 bits per heavy atom. The molecule has 1 aliphatic heterocycles. The Bertz CT molecular complexity index is 719. The molecule has 0 atom stereocenters. The van der Waals surface area contributed by atoms with Crippen LogP contribution in [0.25, 0.3) is 10.8 Å². The van der Waals surface area contributed by atoms with E-state index in [0.717, 1.165) is 26.2 Å². The second kappa shape index (κ2) is 5.75. The van der Waals surface area contributed by atoms with E-state index in [0.29, 0.717) is 26.1 Å². The van der Waals surface area contributed by atoms with Crippen molar-refractivity contribution < 1.29 is 4.92 Å². The van der Waals surface area contributed by atoms with E-state index in [9.17, 15) is 10.1 Å². The van der Waals surface area contributed by atoms with Gasteiger partial charge in [-0.05, 0) is 22.0 Å². The SMILES string of the molecule is O=[N+]([O-])c1ccc(Cl)c2c(N3CCNCC3)ncc(Br)c12. The van der Waals surface area contributed by atoms with Gasteiger partial charge in [0.05, 0.1) is 25.2 Å². The predicted molar refractivity (Wildman–Crippen MR) is 86.2 cm³/mol. The van der Waals surface area contributed by atoms with Gasteiger partial charge in [0.1, 0.15) is 5.82 Å². The van der Waals surface area contributed by atoms with Crippen LogP contribution in [0.2, 0.25) is 5.02 Å². The fourth-order valence-corrected chi connectivity index (χ4v) is 3.29. The number of hydrogen-bond donors (Lipinski definition) is 1. The van der Waals surface area contributed by atoms with Gasteiger partial charge in [0.2, 0.25) is 0 Å². The van der Waals surface area contributed by atoms with Gasteiger partial charge in [-0.2, -0.15) is 0 Å². The van der Waals surface area contributed by atoms with Crippen molar-refractivity contribution in [3.05, 3.63) is 37.9 Å². The molecule has 0 saturated carbocycles. The molecule has 1 N–H and O–H groups in total. The van der Waals surface area contributed by atoms with Gasteiger partial charge in [-0.25, -0.2) is 4.98 Å². The lowest BCUT2D eigenvalue weighted by Gasteiger charge is -2.29. The number of fused-ring (bicyclic) bond motifs is 1. The minimum Gasteiger partial charge on any atom is -0.354 e. The molecular weight excluding hydrogens is 360 g/mol. The van der Waals surface area contributed by atoms with Crippen molar-refractivity contribution in [2.45, 2.75) is 0 Å². The van der Waals surface area contributed by atoms with Gasteiger partial charge in [0, 0.05) is 38.4 Å². The molecule has 1 aliphatic rings. The third kappa shape index (κ3) is 2.56. The molecule has 110 valence electrons. The molecule has 2 heterocycles. The summed E-state index contributed by atoms with van der Waals surface area (Å²) < 4.78 is 0.575. The molecule has 2 aromatic rings. The lowest BCUT2D eigenvalue weighted by atomic mass is 10.1. The van der Waals surface area contributed by atoms with Crippen LogP contribution in [0, 0.1) is 10.1 Å². The topological polar surface area (TPSA) is 71.3 Å². The average molecular weight is 372 g/mol. The smallest absolute Gasteiger partial charge is 0.278 e. The highest BCUT2D eigenvalue weighted by Gasteiger charge is 2.23. The molecule has 1 aromatic heterocycles. The second-order valence-electron chi connectivity index (χ2n) is 4.74. The molecule has 0 unspecified atom stereocenters. The molecule has 6 nitrogen and oxygen atoms in total. The Morgan fingerprint density at radius 3 is 2.71 bits per heavy atom. The van der Waals surface area contributed by atoms with Crippen LogP contribution in [-0.4, -0.2) is 36.1 Å². The first-order chi connectivity index (χ1) is 10.1. The fourth-order valence-electron chi connectivity index (χ4n) is 2.54. The van der Waals surface area contributed by atoms with Gasteiger partial charge in [0.15, 0.2) is 0 Å². The molecule has 0 spiro atoms. The van der Waals surface area contributed by atoms with Crippen molar-refractivity contribution in [1.29, 1.82) is 0 Å². The van der Waals surface area contributed by atoms with Crippen molar-refractivity contribution in [3.63, 3.8) is 0 Å². The maximum Gasteiger partial charge on any atom is 0.278 e. The number of piperazine rings is 1. The third-order valence-corrected chi connectivity index (χ3v) is 4.42. The van der Waals surface area contributed by atoms with E-state index in [2.05, 4.69) is 31.1 Å². The molecule has 8 heteroatoms. The maximum absolute atomic E-state index is 11.3. The Balaban J connectivity index is 2.29. The number of nitro groups is 1. The Labute approximate surface area is 134 Å². The maximum atomic E-state index is 11.3. The highest BCUT2D eigenvalue weighted by atomic mass is 79.9. The quantitative estimate of drug-likeness (QED) is 0.649. The van der Waals surface area contributed by atoms with E-state index in [4.69, 9.17) is 11.6 Å². The molecule has 3 rings (SSSR count). The monoisotopic (exact) mass is 370 g/mol. The number of nitro benzene ring substituents is 1. The van der Waals surface area contributed by atoms with Gasteiger partial charge in [0.25, 0.3) is 5.69 Å². The van der Waals surface area contributed by atoms with Crippen molar-refractivity contribution in [2.75, 3.05) is 31.1 Å². The molecule has 1 saturated heterocycles. The summed E-state index contributed by atoms with van der Waals surface area (Å²) >= 11 is 9.66. The van der Waals surface area contributed by atoms with E-state index in [1.54, 1.807) is 12.3 Å². The predicted octanol–water partition coefficient (Wildman–Crippen LogP) is 2.97. The lowest BCUT2D eigenvalue weighted by molar-refractivity contribution is -0.383. The minimum absolute atomic E-state index is 0.0278. The van der Waals surface area contributed by atoms with Crippen LogP contribution in [0.15, 0.2) is 22.8 Å². The standard InChI is InChI=1S/C13H12BrClN4O2/c14-8-7-17-13(18-5-3-16-4-6-18)12-9(15)1-2-10(11(8)12)19(20)21/h1-2,7,16H,3-6H2. The van der Waals surface area contributed by atoms with Crippen molar-refractivity contribution in [2.24, 2.45) is 0 Å². The molecule has 1 aromatic carbocycles. The average Bonchev–Trinajstić information content (AvgIpc) is 2.49. The van der Waals surface area contributed by atoms with Crippen LogP contribution < -0.4 is 10.2 Å². The number of hydrogen-bond acceptors (Lipinski definition) is 5. The van der Waals surface area contributed by atoms with E-state index in [-0.39, 0.29) is 5.69 Å². The number of anilines is 1. The number of nitrogens with one attached hydrogen (secondary N) is 1.